The highest BCUT2D eigenvalue weighted by atomic mass is 16.5. The van der Waals surface area contributed by atoms with Gasteiger partial charge in [0.15, 0.2) is 0 Å². The van der Waals surface area contributed by atoms with Crippen LogP contribution in [-0.4, -0.2) is 11.7 Å². The van der Waals surface area contributed by atoms with Crippen molar-refractivity contribution in [1.29, 1.82) is 0 Å². The Kier molecular flexibility index (Phi) is 3.27. The summed E-state index contributed by atoms with van der Waals surface area (Å²) in [5, 5.41) is 9.81. The Bertz CT molecular complexity index is 318. The normalized spacial score (nSPS) is 17.5. The number of aliphatic hydroxyl groups is 1. The second-order valence-corrected chi connectivity index (χ2v) is 4.22. The SMILES string of the molecule is CC[C@H](O)c1ccccc1OCC1CC1. The van der Waals surface area contributed by atoms with E-state index in [1.807, 2.05) is 31.2 Å². The number of benzene rings is 1. The van der Waals surface area contributed by atoms with Gasteiger partial charge in [-0.2, -0.15) is 0 Å². The maximum atomic E-state index is 9.81. The van der Waals surface area contributed by atoms with Crippen LogP contribution in [0.1, 0.15) is 37.9 Å². The van der Waals surface area contributed by atoms with Gasteiger partial charge in [0, 0.05) is 5.56 Å². The first-order valence-corrected chi connectivity index (χ1v) is 5.71. The second-order valence-electron chi connectivity index (χ2n) is 4.22. The molecule has 0 saturated heterocycles. The molecular weight excluding hydrogens is 188 g/mol. The summed E-state index contributed by atoms with van der Waals surface area (Å²) < 4.78 is 5.72. The summed E-state index contributed by atoms with van der Waals surface area (Å²) >= 11 is 0. The van der Waals surface area contributed by atoms with E-state index in [9.17, 15) is 5.11 Å². The molecule has 1 N–H and O–H groups in total. The first-order chi connectivity index (χ1) is 7.31. The van der Waals surface area contributed by atoms with Crippen LogP contribution in [0, 0.1) is 5.92 Å². The zero-order valence-corrected chi connectivity index (χ0v) is 9.15. The quantitative estimate of drug-likeness (QED) is 0.802. The van der Waals surface area contributed by atoms with Gasteiger partial charge in [-0.3, -0.25) is 0 Å². The summed E-state index contributed by atoms with van der Waals surface area (Å²) in [5.41, 5.74) is 0.917. The van der Waals surface area contributed by atoms with Gasteiger partial charge in [-0.15, -0.1) is 0 Å². The molecule has 1 atom stereocenters. The predicted octanol–water partition coefficient (Wildman–Crippen LogP) is 2.92. The van der Waals surface area contributed by atoms with Crippen molar-refractivity contribution in [2.45, 2.75) is 32.3 Å². The molecule has 1 aliphatic rings. The van der Waals surface area contributed by atoms with Crippen LogP contribution in [0.25, 0.3) is 0 Å². The summed E-state index contributed by atoms with van der Waals surface area (Å²) in [4.78, 5) is 0. The van der Waals surface area contributed by atoms with Crippen LogP contribution in [-0.2, 0) is 0 Å². The molecule has 15 heavy (non-hydrogen) atoms. The Morgan fingerprint density at radius 2 is 2.13 bits per heavy atom. The summed E-state index contributed by atoms with van der Waals surface area (Å²) in [5.74, 6) is 1.59. The van der Waals surface area contributed by atoms with Gasteiger partial charge in [-0.1, -0.05) is 25.1 Å². The molecule has 0 heterocycles. The average molecular weight is 206 g/mol. The molecule has 1 aliphatic carbocycles. The number of hydrogen-bond donors (Lipinski definition) is 1. The first-order valence-electron chi connectivity index (χ1n) is 5.71. The van der Waals surface area contributed by atoms with E-state index in [0.29, 0.717) is 0 Å². The number of aliphatic hydroxyl groups excluding tert-OH is 1. The van der Waals surface area contributed by atoms with Crippen molar-refractivity contribution in [3.63, 3.8) is 0 Å². The third-order valence-electron chi connectivity index (χ3n) is 2.84. The molecule has 82 valence electrons. The maximum absolute atomic E-state index is 9.81. The predicted molar refractivity (Wildman–Crippen MR) is 59.9 cm³/mol. The fraction of sp³-hybridized carbons (Fsp3) is 0.538. The minimum atomic E-state index is -0.402. The van der Waals surface area contributed by atoms with E-state index in [0.717, 1.165) is 30.3 Å². The van der Waals surface area contributed by atoms with Crippen molar-refractivity contribution >= 4 is 0 Å². The van der Waals surface area contributed by atoms with Crippen LogP contribution < -0.4 is 4.74 Å². The Morgan fingerprint density at radius 3 is 2.80 bits per heavy atom. The molecule has 0 bridgehead atoms. The van der Waals surface area contributed by atoms with Gasteiger partial charge in [-0.25, -0.2) is 0 Å². The van der Waals surface area contributed by atoms with Crippen LogP contribution in [0.2, 0.25) is 0 Å². The van der Waals surface area contributed by atoms with Gasteiger partial charge in [-0.05, 0) is 31.2 Å². The minimum Gasteiger partial charge on any atom is -0.493 e. The summed E-state index contributed by atoms with van der Waals surface area (Å²) in [6.45, 7) is 2.77. The van der Waals surface area contributed by atoms with Gasteiger partial charge in [0.1, 0.15) is 5.75 Å². The topological polar surface area (TPSA) is 29.5 Å². The van der Waals surface area contributed by atoms with Gasteiger partial charge in [0.25, 0.3) is 0 Å². The number of rotatable bonds is 5. The average Bonchev–Trinajstić information content (AvgIpc) is 3.09. The summed E-state index contributed by atoms with van der Waals surface area (Å²) in [6.07, 6.45) is 2.90. The van der Waals surface area contributed by atoms with Crippen LogP contribution in [0.5, 0.6) is 5.75 Å². The highest BCUT2D eigenvalue weighted by molar-refractivity contribution is 5.35. The number of para-hydroxylation sites is 1. The second kappa shape index (κ2) is 4.67. The van der Waals surface area contributed by atoms with Crippen LogP contribution >= 0.6 is 0 Å². The zero-order valence-electron chi connectivity index (χ0n) is 9.15. The van der Waals surface area contributed by atoms with E-state index < -0.39 is 6.10 Å². The number of ether oxygens (including phenoxy) is 1. The number of hydrogen-bond acceptors (Lipinski definition) is 2. The molecule has 0 spiro atoms. The molecule has 1 aromatic carbocycles. The van der Waals surface area contributed by atoms with E-state index >= 15 is 0 Å². The molecule has 0 aromatic heterocycles. The van der Waals surface area contributed by atoms with E-state index in [1.165, 1.54) is 12.8 Å². The molecule has 0 aliphatic heterocycles. The van der Waals surface area contributed by atoms with Crippen LogP contribution in [0.4, 0.5) is 0 Å². The highest BCUT2D eigenvalue weighted by Gasteiger charge is 2.22. The van der Waals surface area contributed by atoms with Crippen molar-refractivity contribution in [3.05, 3.63) is 29.8 Å². The van der Waals surface area contributed by atoms with E-state index in [2.05, 4.69) is 0 Å². The van der Waals surface area contributed by atoms with Gasteiger partial charge < -0.3 is 9.84 Å². The lowest BCUT2D eigenvalue weighted by atomic mass is 10.1. The van der Waals surface area contributed by atoms with Gasteiger partial charge in [0.05, 0.1) is 12.7 Å². The molecule has 1 fully saturated rings. The fourth-order valence-electron chi connectivity index (χ4n) is 1.60. The Labute approximate surface area is 90.9 Å². The molecule has 2 rings (SSSR count). The molecule has 0 amide bonds. The summed E-state index contributed by atoms with van der Waals surface area (Å²) in [7, 11) is 0. The largest absolute Gasteiger partial charge is 0.493 e. The standard InChI is InChI=1S/C13H18O2/c1-2-12(14)11-5-3-4-6-13(11)15-9-10-7-8-10/h3-6,10,12,14H,2,7-9H2,1H3/t12-/m0/s1. The molecule has 1 aromatic rings. The molecule has 0 unspecified atom stereocenters. The van der Waals surface area contributed by atoms with E-state index in [-0.39, 0.29) is 0 Å². The Hall–Kier alpha value is -1.02. The van der Waals surface area contributed by atoms with Gasteiger partial charge >= 0.3 is 0 Å². The molecule has 1 saturated carbocycles. The first kappa shape index (κ1) is 10.5. The lowest BCUT2D eigenvalue weighted by molar-refractivity contribution is 0.166. The van der Waals surface area contributed by atoms with Crippen LogP contribution in [0.15, 0.2) is 24.3 Å². The summed E-state index contributed by atoms with van der Waals surface area (Å²) in [6, 6.07) is 7.78. The molecule has 2 nitrogen and oxygen atoms in total. The van der Waals surface area contributed by atoms with E-state index in [4.69, 9.17) is 4.74 Å². The third kappa shape index (κ3) is 2.72. The lowest BCUT2D eigenvalue weighted by Gasteiger charge is -2.14. The van der Waals surface area contributed by atoms with Crippen LogP contribution in [0.3, 0.4) is 0 Å². The van der Waals surface area contributed by atoms with Crippen molar-refractivity contribution in [2.24, 2.45) is 5.92 Å². The Morgan fingerprint density at radius 1 is 1.40 bits per heavy atom. The zero-order chi connectivity index (χ0) is 10.7. The van der Waals surface area contributed by atoms with Crippen molar-refractivity contribution < 1.29 is 9.84 Å². The maximum Gasteiger partial charge on any atom is 0.125 e. The van der Waals surface area contributed by atoms with Crippen molar-refractivity contribution in [3.8, 4) is 5.75 Å². The third-order valence-corrected chi connectivity index (χ3v) is 2.84. The van der Waals surface area contributed by atoms with E-state index in [1.54, 1.807) is 0 Å². The Balaban J connectivity index is 2.05. The highest BCUT2D eigenvalue weighted by Crippen LogP contribution is 2.32. The molecule has 0 radical (unpaired) electrons. The monoisotopic (exact) mass is 206 g/mol. The van der Waals surface area contributed by atoms with Crippen molar-refractivity contribution in [1.82, 2.24) is 0 Å². The fourth-order valence-corrected chi connectivity index (χ4v) is 1.60. The molecule has 2 heteroatoms. The molecular formula is C13H18O2. The lowest BCUT2D eigenvalue weighted by Crippen LogP contribution is -2.04. The minimum absolute atomic E-state index is 0.402. The van der Waals surface area contributed by atoms with Gasteiger partial charge in [0.2, 0.25) is 0 Å². The smallest absolute Gasteiger partial charge is 0.125 e. The van der Waals surface area contributed by atoms with Crippen molar-refractivity contribution in [2.75, 3.05) is 6.61 Å².